The Kier molecular flexibility index (Phi) is 4.41. The summed E-state index contributed by atoms with van der Waals surface area (Å²) >= 11 is 0. The predicted octanol–water partition coefficient (Wildman–Crippen LogP) is 4.90. The fraction of sp³-hybridized carbons (Fsp3) is 0.0400. The van der Waals surface area contributed by atoms with E-state index in [2.05, 4.69) is 15.3 Å². The maximum absolute atomic E-state index is 12.5. The SMILES string of the molecule is O=C(c1ccccc1)c1ccc(N=CC2C(=O)Nc3ccc4ncccc4c32)cc1. The second-order valence-electron chi connectivity index (χ2n) is 7.08. The number of amides is 1. The standard InChI is InChI=1S/C25H17N3O2/c29-24(16-5-2-1-3-6-16)17-8-10-18(11-9-17)27-15-20-23-19-7-4-14-26-21(19)12-13-22(23)28-25(20)30/h1-15,20H,(H,28,30). The van der Waals surface area contributed by atoms with Gasteiger partial charge in [0.15, 0.2) is 5.78 Å². The fourth-order valence-electron chi connectivity index (χ4n) is 3.72. The summed E-state index contributed by atoms with van der Waals surface area (Å²) in [6.45, 7) is 0. The monoisotopic (exact) mass is 391 g/mol. The van der Waals surface area contributed by atoms with Crippen LogP contribution >= 0.6 is 0 Å². The van der Waals surface area contributed by atoms with Crippen LogP contribution in [0.2, 0.25) is 0 Å². The number of ketones is 1. The molecule has 3 aromatic carbocycles. The molecule has 1 aliphatic heterocycles. The molecule has 1 amide bonds. The van der Waals surface area contributed by atoms with Gasteiger partial charge in [-0.1, -0.05) is 36.4 Å². The van der Waals surface area contributed by atoms with Gasteiger partial charge in [-0.2, -0.15) is 0 Å². The van der Waals surface area contributed by atoms with E-state index < -0.39 is 5.92 Å². The first kappa shape index (κ1) is 17.9. The quantitative estimate of drug-likeness (QED) is 0.397. The largest absolute Gasteiger partial charge is 0.325 e. The number of nitrogens with one attached hydrogen (secondary N) is 1. The van der Waals surface area contributed by atoms with Crippen molar-refractivity contribution >= 4 is 40.2 Å². The molecule has 0 spiro atoms. The smallest absolute Gasteiger partial charge is 0.237 e. The lowest BCUT2D eigenvalue weighted by atomic mass is 9.97. The van der Waals surface area contributed by atoms with Gasteiger partial charge in [-0.3, -0.25) is 19.6 Å². The van der Waals surface area contributed by atoms with Crippen LogP contribution in [0.5, 0.6) is 0 Å². The van der Waals surface area contributed by atoms with Gasteiger partial charge >= 0.3 is 0 Å². The van der Waals surface area contributed by atoms with Crippen molar-refractivity contribution in [1.29, 1.82) is 0 Å². The number of fused-ring (bicyclic) bond motifs is 3. The molecule has 1 atom stereocenters. The molecule has 30 heavy (non-hydrogen) atoms. The highest BCUT2D eigenvalue weighted by Crippen LogP contribution is 2.37. The molecule has 0 bridgehead atoms. The molecule has 0 aliphatic carbocycles. The second-order valence-corrected chi connectivity index (χ2v) is 7.08. The molecule has 0 radical (unpaired) electrons. The van der Waals surface area contributed by atoms with Gasteiger partial charge in [0.2, 0.25) is 5.91 Å². The van der Waals surface area contributed by atoms with Gasteiger partial charge in [-0.25, -0.2) is 0 Å². The van der Waals surface area contributed by atoms with Crippen LogP contribution in [0.25, 0.3) is 10.9 Å². The lowest BCUT2D eigenvalue weighted by Gasteiger charge is -2.07. The first-order valence-corrected chi connectivity index (χ1v) is 9.63. The van der Waals surface area contributed by atoms with Crippen LogP contribution < -0.4 is 5.32 Å². The fourth-order valence-corrected chi connectivity index (χ4v) is 3.72. The number of pyridine rings is 1. The summed E-state index contributed by atoms with van der Waals surface area (Å²) in [5.41, 5.74) is 4.45. The lowest BCUT2D eigenvalue weighted by Crippen LogP contribution is -2.13. The highest BCUT2D eigenvalue weighted by atomic mass is 16.2. The molecule has 2 heterocycles. The molecule has 4 aromatic rings. The van der Waals surface area contributed by atoms with Gasteiger partial charge in [0.25, 0.3) is 0 Å². The third kappa shape index (κ3) is 3.16. The number of anilines is 1. The molecule has 1 unspecified atom stereocenters. The van der Waals surface area contributed by atoms with Crippen molar-refractivity contribution in [2.75, 3.05) is 5.32 Å². The van der Waals surface area contributed by atoms with Crippen LogP contribution in [0.15, 0.2) is 90.1 Å². The van der Waals surface area contributed by atoms with Gasteiger partial charge in [0.05, 0.1) is 11.2 Å². The third-order valence-corrected chi connectivity index (χ3v) is 5.22. The topological polar surface area (TPSA) is 71.4 Å². The molecular weight excluding hydrogens is 374 g/mol. The molecule has 5 nitrogen and oxygen atoms in total. The summed E-state index contributed by atoms with van der Waals surface area (Å²) in [7, 11) is 0. The molecule has 1 N–H and O–H groups in total. The summed E-state index contributed by atoms with van der Waals surface area (Å²) in [6, 6.07) is 23.8. The van der Waals surface area contributed by atoms with Crippen LogP contribution in [0, 0.1) is 0 Å². The van der Waals surface area contributed by atoms with Crippen LogP contribution in [-0.2, 0) is 4.79 Å². The van der Waals surface area contributed by atoms with E-state index in [-0.39, 0.29) is 11.7 Å². The molecule has 5 heteroatoms. The Labute approximate surface area is 173 Å². The molecule has 0 saturated carbocycles. The van der Waals surface area contributed by atoms with E-state index in [0.29, 0.717) is 16.8 Å². The summed E-state index contributed by atoms with van der Waals surface area (Å²) in [5.74, 6) is -0.631. The van der Waals surface area contributed by atoms with Crippen LogP contribution in [0.4, 0.5) is 11.4 Å². The third-order valence-electron chi connectivity index (χ3n) is 5.22. The minimum absolute atomic E-state index is 0.0332. The zero-order chi connectivity index (χ0) is 20.5. The van der Waals surface area contributed by atoms with E-state index in [1.807, 2.05) is 42.5 Å². The number of carbonyl (C=O) groups is 2. The summed E-state index contributed by atoms with van der Waals surface area (Å²) in [6.07, 6.45) is 3.39. The Morgan fingerprint density at radius 3 is 2.47 bits per heavy atom. The summed E-state index contributed by atoms with van der Waals surface area (Å²) in [5, 5.41) is 3.85. The number of rotatable bonds is 4. The van der Waals surface area contributed by atoms with Crippen molar-refractivity contribution in [1.82, 2.24) is 4.98 Å². The molecule has 1 aliphatic rings. The number of hydrogen-bond donors (Lipinski definition) is 1. The van der Waals surface area contributed by atoms with Crippen LogP contribution in [-0.4, -0.2) is 22.9 Å². The number of aromatic nitrogens is 1. The second kappa shape index (κ2) is 7.37. The maximum Gasteiger partial charge on any atom is 0.237 e. The molecule has 0 saturated heterocycles. The first-order valence-electron chi connectivity index (χ1n) is 9.63. The predicted molar refractivity (Wildman–Crippen MR) is 118 cm³/mol. The van der Waals surface area contributed by atoms with E-state index in [9.17, 15) is 9.59 Å². The Hall–Kier alpha value is -4.12. The average molecular weight is 391 g/mol. The minimum Gasteiger partial charge on any atom is -0.325 e. The highest BCUT2D eigenvalue weighted by Gasteiger charge is 2.31. The number of aliphatic imine (C=N–C) groups is 1. The average Bonchev–Trinajstić information content (AvgIpc) is 3.13. The first-order chi connectivity index (χ1) is 14.7. The maximum atomic E-state index is 12.5. The van der Waals surface area contributed by atoms with Gasteiger partial charge in [-0.05, 0) is 42.5 Å². The van der Waals surface area contributed by atoms with E-state index >= 15 is 0 Å². The van der Waals surface area contributed by atoms with Crippen molar-refractivity contribution in [3.63, 3.8) is 0 Å². The van der Waals surface area contributed by atoms with Gasteiger partial charge in [0, 0.05) is 40.2 Å². The van der Waals surface area contributed by atoms with E-state index in [1.54, 1.807) is 48.8 Å². The Bertz CT molecular complexity index is 1300. The van der Waals surface area contributed by atoms with Crippen molar-refractivity contribution in [3.05, 3.63) is 102 Å². The Morgan fingerprint density at radius 1 is 0.900 bits per heavy atom. The van der Waals surface area contributed by atoms with Crippen molar-refractivity contribution in [2.24, 2.45) is 4.99 Å². The zero-order valence-corrected chi connectivity index (χ0v) is 15.9. The lowest BCUT2D eigenvalue weighted by molar-refractivity contribution is -0.115. The molecule has 144 valence electrons. The number of carbonyl (C=O) groups excluding carboxylic acids is 2. The normalized spacial score (nSPS) is 15.3. The van der Waals surface area contributed by atoms with Gasteiger partial charge in [-0.15, -0.1) is 0 Å². The van der Waals surface area contributed by atoms with Gasteiger partial charge in [0.1, 0.15) is 5.92 Å². The summed E-state index contributed by atoms with van der Waals surface area (Å²) < 4.78 is 0. The number of hydrogen-bond acceptors (Lipinski definition) is 4. The van der Waals surface area contributed by atoms with E-state index in [0.717, 1.165) is 22.2 Å². The van der Waals surface area contributed by atoms with Crippen molar-refractivity contribution in [2.45, 2.75) is 5.92 Å². The number of benzene rings is 3. The zero-order valence-electron chi connectivity index (χ0n) is 15.9. The number of nitrogens with zero attached hydrogens (tertiary/aromatic N) is 2. The molecule has 5 rings (SSSR count). The molecule has 1 aromatic heterocycles. The Balaban J connectivity index is 1.42. The van der Waals surface area contributed by atoms with E-state index in [4.69, 9.17) is 0 Å². The van der Waals surface area contributed by atoms with Crippen LogP contribution in [0.3, 0.4) is 0 Å². The highest BCUT2D eigenvalue weighted by molar-refractivity contribution is 6.16. The van der Waals surface area contributed by atoms with Crippen molar-refractivity contribution in [3.8, 4) is 0 Å². The molecular formula is C25H17N3O2. The van der Waals surface area contributed by atoms with Gasteiger partial charge < -0.3 is 5.32 Å². The molecule has 0 fully saturated rings. The van der Waals surface area contributed by atoms with Crippen LogP contribution in [0.1, 0.15) is 27.4 Å². The Morgan fingerprint density at radius 2 is 1.67 bits per heavy atom. The van der Waals surface area contributed by atoms with Crippen molar-refractivity contribution < 1.29 is 9.59 Å². The minimum atomic E-state index is -0.487. The van der Waals surface area contributed by atoms with E-state index in [1.165, 1.54) is 0 Å². The summed E-state index contributed by atoms with van der Waals surface area (Å²) in [4.78, 5) is 33.9.